The first-order valence-electron chi connectivity index (χ1n) is 8.22. The number of nitrogen functional groups attached to an aromatic ring is 1. The van der Waals surface area contributed by atoms with Crippen molar-refractivity contribution in [3.8, 4) is 10.4 Å². The van der Waals surface area contributed by atoms with E-state index in [0.29, 0.717) is 24.7 Å². The highest BCUT2D eigenvalue weighted by Crippen LogP contribution is 2.25. The number of carbonyl (C=O) groups excluding carboxylic acids is 1. The number of rotatable bonds is 6. The zero-order valence-electron chi connectivity index (χ0n) is 14.4. The fourth-order valence-corrected chi connectivity index (χ4v) is 3.11. The fraction of sp³-hybridized carbons (Fsp3) is 0.158. The molecule has 3 rings (SSSR count). The van der Waals surface area contributed by atoms with Crippen LogP contribution in [0.5, 0.6) is 0 Å². The molecule has 6 nitrogen and oxygen atoms in total. The number of hydrogen-bond donors (Lipinski definition) is 3. The van der Waals surface area contributed by atoms with E-state index >= 15 is 0 Å². The molecular formula is C19H20N4O2S. The monoisotopic (exact) mass is 368 g/mol. The third kappa shape index (κ3) is 4.52. The van der Waals surface area contributed by atoms with E-state index in [1.165, 1.54) is 10.4 Å². The molecule has 3 aromatic rings. The Morgan fingerprint density at radius 1 is 1.19 bits per heavy atom. The van der Waals surface area contributed by atoms with E-state index in [1.807, 2.05) is 6.07 Å². The van der Waals surface area contributed by atoms with Gasteiger partial charge in [0, 0.05) is 11.4 Å². The second-order valence-corrected chi connectivity index (χ2v) is 6.45. The predicted octanol–water partition coefficient (Wildman–Crippen LogP) is 4.57. The van der Waals surface area contributed by atoms with Gasteiger partial charge in [-0.2, -0.15) is 0 Å². The number of anilines is 3. The Hall–Kier alpha value is -3.06. The van der Waals surface area contributed by atoms with Gasteiger partial charge >= 0.3 is 6.09 Å². The highest BCUT2D eigenvalue weighted by atomic mass is 32.1. The van der Waals surface area contributed by atoms with Gasteiger partial charge in [-0.15, -0.1) is 11.3 Å². The molecule has 2 heterocycles. The van der Waals surface area contributed by atoms with Gasteiger partial charge in [-0.3, -0.25) is 5.32 Å². The van der Waals surface area contributed by atoms with E-state index in [-0.39, 0.29) is 5.82 Å². The van der Waals surface area contributed by atoms with Gasteiger partial charge in [0.15, 0.2) is 0 Å². The van der Waals surface area contributed by atoms with E-state index in [1.54, 1.807) is 30.4 Å². The number of aromatic nitrogens is 1. The summed E-state index contributed by atoms with van der Waals surface area (Å²) in [5.74, 6) is 0.871. The maximum atomic E-state index is 11.4. The van der Waals surface area contributed by atoms with Crippen molar-refractivity contribution < 1.29 is 9.53 Å². The lowest BCUT2D eigenvalue weighted by molar-refractivity contribution is 0.168. The molecule has 0 aliphatic heterocycles. The Bertz CT molecular complexity index is 864. The average molecular weight is 368 g/mol. The van der Waals surface area contributed by atoms with Crippen LogP contribution in [0.2, 0.25) is 0 Å². The van der Waals surface area contributed by atoms with Gasteiger partial charge in [-0.05, 0) is 41.6 Å². The van der Waals surface area contributed by atoms with Crippen molar-refractivity contribution in [1.29, 1.82) is 0 Å². The zero-order valence-corrected chi connectivity index (χ0v) is 15.2. The third-order valence-electron chi connectivity index (χ3n) is 3.67. The van der Waals surface area contributed by atoms with E-state index in [4.69, 9.17) is 10.5 Å². The first-order valence-corrected chi connectivity index (χ1v) is 9.10. The molecule has 0 fully saturated rings. The highest BCUT2D eigenvalue weighted by Gasteiger charge is 2.07. The first kappa shape index (κ1) is 17.8. The number of nitrogens with zero attached hydrogens (tertiary/aromatic N) is 1. The molecule has 2 aromatic heterocycles. The zero-order chi connectivity index (χ0) is 18.4. The van der Waals surface area contributed by atoms with Crippen LogP contribution < -0.4 is 16.4 Å². The van der Waals surface area contributed by atoms with Gasteiger partial charge < -0.3 is 15.8 Å². The lowest BCUT2D eigenvalue weighted by Gasteiger charge is -2.10. The van der Waals surface area contributed by atoms with E-state index in [9.17, 15) is 4.79 Å². The molecule has 0 aliphatic carbocycles. The molecule has 0 atom stereocenters. The van der Waals surface area contributed by atoms with Crippen molar-refractivity contribution in [2.75, 3.05) is 23.0 Å². The standard InChI is InChI=1S/C19H20N4O2S/c1-2-25-19(24)22-15-9-10-17(23-18(15)20)21-12-13-5-7-14(8-6-13)16-4-3-11-26-16/h3-11H,2,12H2,1H3,(H,22,24)(H3,20,21,23). The molecule has 134 valence electrons. The van der Waals surface area contributed by atoms with Gasteiger partial charge in [0.1, 0.15) is 11.6 Å². The molecule has 0 bridgehead atoms. The average Bonchev–Trinajstić information content (AvgIpc) is 3.17. The number of benzene rings is 1. The quantitative estimate of drug-likeness (QED) is 0.593. The number of carbonyl (C=O) groups is 1. The molecule has 0 saturated carbocycles. The van der Waals surface area contributed by atoms with Crippen LogP contribution in [0.25, 0.3) is 10.4 Å². The van der Waals surface area contributed by atoms with Crippen molar-refractivity contribution in [3.05, 3.63) is 59.5 Å². The normalized spacial score (nSPS) is 10.3. The van der Waals surface area contributed by atoms with Gasteiger partial charge in [0.25, 0.3) is 0 Å². The van der Waals surface area contributed by atoms with Crippen LogP contribution in [0, 0.1) is 0 Å². The predicted molar refractivity (Wildman–Crippen MR) is 106 cm³/mol. The summed E-state index contributed by atoms with van der Waals surface area (Å²) in [5.41, 5.74) is 8.66. The number of ether oxygens (including phenoxy) is 1. The van der Waals surface area contributed by atoms with Crippen molar-refractivity contribution >= 4 is 34.8 Å². The molecule has 26 heavy (non-hydrogen) atoms. The van der Waals surface area contributed by atoms with Crippen molar-refractivity contribution in [3.63, 3.8) is 0 Å². The summed E-state index contributed by atoms with van der Waals surface area (Å²) in [6.45, 7) is 2.66. The first-order chi connectivity index (χ1) is 12.7. The minimum Gasteiger partial charge on any atom is -0.450 e. The Kier molecular flexibility index (Phi) is 5.70. The molecule has 0 spiro atoms. The topological polar surface area (TPSA) is 89.3 Å². The molecule has 4 N–H and O–H groups in total. The molecule has 1 aromatic carbocycles. The van der Waals surface area contributed by atoms with Crippen LogP contribution in [-0.2, 0) is 11.3 Å². The number of hydrogen-bond acceptors (Lipinski definition) is 6. The van der Waals surface area contributed by atoms with Crippen molar-refractivity contribution in [2.24, 2.45) is 0 Å². The Morgan fingerprint density at radius 3 is 2.65 bits per heavy atom. The van der Waals surface area contributed by atoms with Gasteiger partial charge in [-0.1, -0.05) is 30.3 Å². The molecule has 0 saturated heterocycles. The highest BCUT2D eigenvalue weighted by molar-refractivity contribution is 7.13. The minimum atomic E-state index is -0.549. The van der Waals surface area contributed by atoms with Crippen molar-refractivity contribution in [1.82, 2.24) is 4.98 Å². The van der Waals surface area contributed by atoms with Gasteiger partial charge in [-0.25, -0.2) is 9.78 Å². The van der Waals surface area contributed by atoms with Crippen molar-refractivity contribution in [2.45, 2.75) is 13.5 Å². The van der Waals surface area contributed by atoms with Crippen LogP contribution in [0.15, 0.2) is 53.9 Å². The molecule has 0 radical (unpaired) electrons. The summed E-state index contributed by atoms with van der Waals surface area (Å²) < 4.78 is 4.82. The van der Waals surface area contributed by atoms with Crippen LogP contribution in [0.1, 0.15) is 12.5 Å². The number of amides is 1. The second-order valence-electron chi connectivity index (χ2n) is 5.50. The maximum Gasteiger partial charge on any atom is 0.411 e. The Morgan fingerprint density at radius 2 is 2.00 bits per heavy atom. The molecule has 1 amide bonds. The minimum absolute atomic E-state index is 0.232. The summed E-state index contributed by atoms with van der Waals surface area (Å²) in [4.78, 5) is 17.0. The van der Waals surface area contributed by atoms with Crippen LogP contribution in [0.4, 0.5) is 22.1 Å². The molecule has 7 heteroatoms. The van der Waals surface area contributed by atoms with Crippen LogP contribution in [-0.4, -0.2) is 17.7 Å². The Labute approximate surface area is 156 Å². The smallest absolute Gasteiger partial charge is 0.411 e. The lowest BCUT2D eigenvalue weighted by atomic mass is 10.1. The second kappa shape index (κ2) is 8.35. The summed E-state index contributed by atoms with van der Waals surface area (Å²) in [5, 5.41) is 7.86. The van der Waals surface area contributed by atoms with E-state index in [0.717, 1.165) is 5.56 Å². The van der Waals surface area contributed by atoms with Gasteiger partial charge in [0.05, 0.1) is 12.3 Å². The SMILES string of the molecule is CCOC(=O)Nc1ccc(NCc2ccc(-c3cccs3)cc2)nc1N. The largest absolute Gasteiger partial charge is 0.450 e. The summed E-state index contributed by atoms with van der Waals surface area (Å²) >= 11 is 1.72. The lowest BCUT2D eigenvalue weighted by Crippen LogP contribution is -2.15. The number of pyridine rings is 1. The molecule has 0 unspecified atom stereocenters. The number of nitrogens with two attached hydrogens (primary N) is 1. The van der Waals surface area contributed by atoms with Crippen LogP contribution in [0.3, 0.4) is 0 Å². The van der Waals surface area contributed by atoms with Gasteiger partial charge in [0.2, 0.25) is 0 Å². The summed E-state index contributed by atoms with van der Waals surface area (Å²) in [7, 11) is 0. The molecule has 0 aliphatic rings. The summed E-state index contributed by atoms with van der Waals surface area (Å²) in [6.07, 6.45) is -0.549. The maximum absolute atomic E-state index is 11.4. The Balaban J connectivity index is 1.59. The van der Waals surface area contributed by atoms with E-state index < -0.39 is 6.09 Å². The molecular weight excluding hydrogens is 348 g/mol. The summed E-state index contributed by atoms with van der Waals surface area (Å²) in [6, 6.07) is 16.0. The fourth-order valence-electron chi connectivity index (χ4n) is 2.38. The van der Waals surface area contributed by atoms with E-state index in [2.05, 4.69) is 51.3 Å². The number of thiophene rings is 1. The third-order valence-corrected chi connectivity index (χ3v) is 4.59. The van der Waals surface area contributed by atoms with Crippen LogP contribution >= 0.6 is 11.3 Å². The number of nitrogens with one attached hydrogen (secondary N) is 2.